The standard InChI is InChI=1S/C35H43Cl2N5O6S/c1-35(2,21-42-13-6-9-27(42)43)20-40-14-16-41(17-15-40)28(44)19-25-31(34(46)48-4)32(29-22(36)7-5-8-23(29)37)30(33(45)47-3)24(39-25)10-11-26-38-12-18-49-26/h5,7-8,12,18,32,39H,6,9-11,13-17,19-21H2,1-4H3. The second-order valence-corrected chi connectivity index (χ2v) is 15.1. The molecule has 3 aliphatic rings. The zero-order chi connectivity index (χ0) is 35.3. The van der Waals surface area contributed by atoms with Gasteiger partial charge >= 0.3 is 11.9 Å². The van der Waals surface area contributed by atoms with Crippen molar-refractivity contribution < 1.29 is 28.7 Å². The predicted molar refractivity (Wildman–Crippen MR) is 188 cm³/mol. The van der Waals surface area contributed by atoms with Crippen LogP contribution in [0.4, 0.5) is 0 Å². The summed E-state index contributed by atoms with van der Waals surface area (Å²) in [6, 6.07) is 4.95. The van der Waals surface area contributed by atoms with Crippen molar-refractivity contribution >= 4 is 58.3 Å². The summed E-state index contributed by atoms with van der Waals surface area (Å²) >= 11 is 14.9. The highest BCUT2D eigenvalue weighted by Crippen LogP contribution is 2.46. The van der Waals surface area contributed by atoms with Gasteiger partial charge in [0.2, 0.25) is 11.8 Å². The van der Waals surface area contributed by atoms with Crippen LogP contribution in [-0.4, -0.2) is 103 Å². The van der Waals surface area contributed by atoms with E-state index in [9.17, 15) is 19.2 Å². The van der Waals surface area contributed by atoms with Crippen molar-refractivity contribution in [2.24, 2.45) is 5.41 Å². The number of benzene rings is 1. The highest BCUT2D eigenvalue weighted by molar-refractivity contribution is 7.09. The predicted octanol–water partition coefficient (Wildman–Crippen LogP) is 4.81. The van der Waals surface area contributed by atoms with Crippen LogP contribution in [0.1, 0.15) is 56.0 Å². The molecule has 11 nitrogen and oxygen atoms in total. The lowest BCUT2D eigenvalue weighted by Crippen LogP contribution is -2.52. The summed E-state index contributed by atoms with van der Waals surface area (Å²) < 4.78 is 10.5. The van der Waals surface area contributed by atoms with Crippen LogP contribution in [0.2, 0.25) is 10.0 Å². The Morgan fingerprint density at radius 2 is 1.61 bits per heavy atom. The van der Waals surface area contributed by atoms with Crippen molar-refractivity contribution in [3.63, 3.8) is 0 Å². The molecule has 1 unspecified atom stereocenters. The SMILES string of the molecule is COC(=O)C1=C(CCc2nccs2)NC(CC(=O)N2CCN(CC(C)(C)CN3CCCC3=O)CC2)=C(C(=O)OC)C1c1c(Cl)cccc1Cl. The Bertz CT molecular complexity index is 1610. The second kappa shape index (κ2) is 16.1. The van der Waals surface area contributed by atoms with E-state index in [0.717, 1.165) is 24.5 Å². The molecular weight excluding hydrogens is 689 g/mol. The number of likely N-dealkylation sites (tertiary alicyclic amines) is 1. The van der Waals surface area contributed by atoms with E-state index in [-0.39, 0.29) is 44.8 Å². The molecule has 2 aromatic rings. The Labute approximate surface area is 301 Å². The maximum absolute atomic E-state index is 13.9. The largest absolute Gasteiger partial charge is 0.466 e. The third kappa shape index (κ3) is 8.65. The Kier molecular flexibility index (Phi) is 12.1. The highest BCUT2D eigenvalue weighted by atomic mass is 35.5. The Morgan fingerprint density at radius 1 is 0.959 bits per heavy atom. The lowest BCUT2D eigenvalue weighted by atomic mass is 9.78. The van der Waals surface area contributed by atoms with Gasteiger partial charge in [0.1, 0.15) is 0 Å². The maximum atomic E-state index is 13.9. The number of rotatable bonds is 12. The first kappa shape index (κ1) is 36.8. The minimum atomic E-state index is -1.06. The van der Waals surface area contributed by atoms with Gasteiger partial charge < -0.3 is 24.6 Å². The molecule has 5 rings (SSSR count). The normalized spacial score (nSPS) is 19.0. The summed E-state index contributed by atoms with van der Waals surface area (Å²) in [7, 11) is 2.52. The topological polar surface area (TPSA) is 121 Å². The van der Waals surface area contributed by atoms with Crippen LogP contribution in [0.15, 0.2) is 52.3 Å². The first-order valence-electron chi connectivity index (χ1n) is 16.4. The Hall–Kier alpha value is -3.45. The van der Waals surface area contributed by atoms with Gasteiger partial charge in [-0.05, 0) is 30.4 Å². The van der Waals surface area contributed by atoms with E-state index in [1.165, 1.54) is 25.6 Å². The van der Waals surface area contributed by atoms with E-state index in [1.807, 2.05) is 10.3 Å². The highest BCUT2D eigenvalue weighted by Gasteiger charge is 2.42. The second-order valence-electron chi connectivity index (χ2n) is 13.3. The fourth-order valence-electron chi connectivity index (χ4n) is 6.99. The van der Waals surface area contributed by atoms with Gasteiger partial charge in [-0.15, -0.1) is 11.3 Å². The first-order chi connectivity index (χ1) is 23.4. The zero-order valence-electron chi connectivity index (χ0n) is 28.4. The number of hydrogen-bond donors (Lipinski definition) is 1. The number of dihydropyridines is 1. The molecule has 0 aliphatic carbocycles. The van der Waals surface area contributed by atoms with Gasteiger partial charge in [-0.25, -0.2) is 14.6 Å². The number of carbonyl (C=O) groups is 4. The average Bonchev–Trinajstić information content (AvgIpc) is 3.74. The number of carbonyl (C=O) groups excluding carboxylic acids is 4. The van der Waals surface area contributed by atoms with Crippen molar-refractivity contribution in [3.05, 3.63) is 72.9 Å². The smallest absolute Gasteiger partial charge is 0.336 e. The molecular formula is C35H43Cl2N5O6S. The molecule has 2 amide bonds. The van der Waals surface area contributed by atoms with E-state index < -0.39 is 17.9 Å². The van der Waals surface area contributed by atoms with Crippen LogP contribution in [0.5, 0.6) is 0 Å². The number of aromatic nitrogens is 1. The van der Waals surface area contributed by atoms with Gasteiger partial charge in [-0.1, -0.05) is 43.1 Å². The molecule has 264 valence electrons. The van der Waals surface area contributed by atoms with Crippen LogP contribution < -0.4 is 5.32 Å². The van der Waals surface area contributed by atoms with Crippen molar-refractivity contribution in [2.75, 3.05) is 60.0 Å². The zero-order valence-corrected chi connectivity index (χ0v) is 30.7. The molecule has 49 heavy (non-hydrogen) atoms. The Balaban J connectivity index is 1.41. The third-order valence-corrected chi connectivity index (χ3v) is 10.7. The number of allylic oxidation sites excluding steroid dienone is 1. The number of ether oxygens (including phenoxy) is 2. The molecule has 4 heterocycles. The minimum Gasteiger partial charge on any atom is -0.466 e. The molecule has 3 aliphatic heterocycles. The van der Waals surface area contributed by atoms with Gasteiger partial charge in [0.05, 0.1) is 42.7 Å². The summed E-state index contributed by atoms with van der Waals surface area (Å²) in [5, 5.41) is 6.53. The number of nitrogens with zero attached hydrogens (tertiary/aromatic N) is 4. The van der Waals surface area contributed by atoms with E-state index in [2.05, 4.69) is 29.0 Å². The number of aryl methyl sites for hydroxylation is 1. The number of thiazole rings is 1. The van der Waals surface area contributed by atoms with Crippen LogP contribution in [0.25, 0.3) is 0 Å². The molecule has 0 spiro atoms. The summed E-state index contributed by atoms with van der Waals surface area (Å²) in [4.78, 5) is 63.8. The quantitative estimate of drug-likeness (QED) is 0.307. The van der Waals surface area contributed by atoms with E-state index >= 15 is 0 Å². The summed E-state index contributed by atoms with van der Waals surface area (Å²) in [5.74, 6) is -2.39. The van der Waals surface area contributed by atoms with Crippen LogP contribution in [-0.2, 0) is 35.1 Å². The average molecular weight is 733 g/mol. The number of nitrogens with one attached hydrogen (secondary N) is 1. The van der Waals surface area contributed by atoms with Crippen LogP contribution in [0.3, 0.4) is 0 Å². The van der Waals surface area contributed by atoms with Gasteiger partial charge in [-0.3, -0.25) is 14.5 Å². The lowest BCUT2D eigenvalue weighted by Gasteiger charge is -2.40. The molecule has 0 radical (unpaired) electrons. The number of hydrogen-bond acceptors (Lipinski definition) is 10. The van der Waals surface area contributed by atoms with Crippen LogP contribution >= 0.6 is 34.5 Å². The van der Waals surface area contributed by atoms with Crippen molar-refractivity contribution in [1.82, 2.24) is 25.0 Å². The molecule has 0 bridgehead atoms. The molecule has 2 saturated heterocycles. The lowest BCUT2D eigenvalue weighted by molar-refractivity contribution is -0.137. The van der Waals surface area contributed by atoms with Crippen molar-refractivity contribution in [2.45, 2.75) is 51.9 Å². The van der Waals surface area contributed by atoms with Crippen LogP contribution in [0, 0.1) is 5.41 Å². The molecule has 1 aromatic heterocycles. The minimum absolute atomic E-state index is 0.0705. The van der Waals surface area contributed by atoms with Gasteiger partial charge in [-0.2, -0.15) is 0 Å². The fourth-order valence-corrected chi connectivity index (χ4v) is 8.23. The van der Waals surface area contributed by atoms with Crippen molar-refractivity contribution in [3.8, 4) is 0 Å². The van der Waals surface area contributed by atoms with Gasteiger partial charge in [0, 0.05) is 97.2 Å². The number of esters is 2. The van der Waals surface area contributed by atoms with E-state index in [1.54, 1.807) is 29.3 Å². The van der Waals surface area contributed by atoms with E-state index in [0.29, 0.717) is 68.9 Å². The molecule has 1 N–H and O–H groups in total. The number of piperazine rings is 1. The summed E-state index contributed by atoms with van der Waals surface area (Å²) in [5.41, 5.74) is 1.29. The molecule has 0 saturated carbocycles. The maximum Gasteiger partial charge on any atom is 0.336 e. The number of methoxy groups -OCH3 is 2. The summed E-state index contributed by atoms with van der Waals surface area (Å²) in [6.07, 6.45) is 3.96. The first-order valence-corrected chi connectivity index (χ1v) is 18.1. The van der Waals surface area contributed by atoms with Gasteiger partial charge in [0.25, 0.3) is 0 Å². The van der Waals surface area contributed by atoms with E-state index in [4.69, 9.17) is 32.7 Å². The monoisotopic (exact) mass is 731 g/mol. The third-order valence-electron chi connectivity index (χ3n) is 9.20. The van der Waals surface area contributed by atoms with Gasteiger partial charge in [0.15, 0.2) is 0 Å². The van der Waals surface area contributed by atoms with Crippen molar-refractivity contribution in [1.29, 1.82) is 0 Å². The molecule has 1 atom stereocenters. The Morgan fingerprint density at radius 3 is 2.18 bits per heavy atom. The summed E-state index contributed by atoms with van der Waals surface area (Å²) in [6.45, 7) is 9.08. The number of amides is 2. The number of halogens is 2. The molecule has 2 fully saturated rings. The fraction of sp³-hybridized carbons (Fsp3) is 0.514. The molecule has 14 heteroatoms. The molecule has 1 aromatic carbocycles.